The van der Waals surface area contributed by atoms with Crippen LogP contribution in [-0.2, 0) is 16.1 Å². The molecule has 0 unspecified atom stereocenters. The molecule has 2 N–H and O–H groups in total. The van der Waals surface area contributed by atoms with E-state index in [-0.39, 0.29) is 43.3 Å². The maximum absolute atomic E-state index is 15.2. The van der Waals surface area contributed by atoms with E-state index in [1.807, 2.05) is 43.3 Å². The summed E-state index contributed by atoms with van der Waals surface area (Å²) in [7, 11) is 1.54. The molecule has 194 valence electrons. The number of aliphatic carboxylic acids is 1. The fourth-order valence-corrected chi connectivity index (χ4v) is 4.65. The Morgan fingerprint density at radius 2 is 1.92 bits per heavy atom. The maximum Gasteiger partial charge on any atom is 0.303 e. The van der Waals surface area contributed by atoms with Gasteiger partial charge in [-0.05, 0) is 48.2 Å². The van der Waals surface area contributed by atoms with Crippen LogP contribution in [0.5, 0.6) is 0 Å². The summed E-state index contributed by atoms with van der Waals surface area (Å²) in [6.07, 6.45) is 0.159. The van der Waals surface area contributed by atoms with E-state index in [1.54, 1.807) is 13.2 Å². The molecule has 0 fully saturated rings. The lowest BCUT2D eigenvalue weighted by molar-refractivity contribution is -0.137. The number of hydrogen-bond acceptors (Lipinski definition) is 7. The van der Waals surface area contributed by atoms with Crippen LogP contribution in [-0.4, -0.2) is 40.8 Å². The molecule has 0 aliphatic carbocycles. The molecule has 38 heavy (non-hydrogen) atoms. The first-order chi connectivity index (χ1) is 18.4. The summed E-state index contributed by atoms with van der Waals surface area (Å²) in [6, 6.07) is 15.7. The van der Waals surface area contributed by atoms with Crippen molar-refractivity contribution in [3.63, 3.8) is 0 Å². The summed E-state index contributed by atoms with van der Waals surface area (Å²) in [5.74, 6) is -1.93. The SMILES string of the molecule is COCc1cc(-c2ccccc2)c2c(C)c1N(NCCCC(=O)O)C(=O)c1ccc(cc1F)-c1noc-2n1. The van der Waals surface area contributed by atoms with Gasteiger partial charge in [0, 0.05) is 31.2 Å². The Morgan fingerprint density at radius 3 is 2.63 bits per heavy atom. The highest BCUT2D eigenvalue weighted by Gasteiger charge is 2.30. The Balaban J connectivity index is 1.79. The van der Waals surface area contributed by atoms with E-state index in [9.17, 15) is 9.59 Å². The quantitative estimate of drug-likeness (QED) is 0.315. The molecule has 6 rings (SSSR count). The van der Waals surface area contributed by atoms with Gasteiger partial charge in [-0.2, -0.15) is 4.98 Å². The molecule has 1 aromatic heterocycles. The Kier molecular flexibility index (Phi) is 6.99. The summed E-state index contributed by atoms with van der Waals surface area (Å²) < 4.78 is 26.4. The Hall–Kier alpha value is -4.41. The number of carbonyl (C=O) groups is 2. The zero-order valence-corrected chi connectivity index (χ0v) is 20.8. The second-order valence-corrected chi connectivity index (χ2v) is 8.89. The smallest absolute Gasteiger partial charge is 0.303 e. The predicted molar refractivity (Wildman–Crippen MR) is 138 cm³/mol. The second-order valence-electron chi connectivity index (χ2n) is 8.89. The van der Waals surface area contributed by atoms with E-state index in [2.05, 4.69) is 15.6 Å². The van der Waals surface area contributed by atoms with Crippen LogP contribution in [0.3, 0.4) is 0 Å². The molecule has 1 amide bonds. The van der Waals surface area contributed by atoms with Gasteiger partial charge in [0.2, 0.25) is 5.82 Å². The van der Waals surface area contributed by atoms with E-state index in [4.69, 9.17) is 14.4 Å². The molecule has 4 aromatic rings. The number of benzene rings is 3. The van der Waals surface area contributed by atoms with Crippen molar-refractivity contribution in [1.29, 1.82) is 0 Å². The molecule has 0 atom stereocenters. The Bertz CT molecular complexity index is 1520. The first-order valence-electron chi connectivity index (χ1n) is 12.0. The van der Waals surface area contributed by atoms with E-state index >= 15 is 4.39 Å². The van der Waals surface area contributed by atoms with Crippen molar-refractivity contribution in [2.45, 2.75) is 26.4 Å². The van der Waals surface area contributed by atoms with Crippen LogP contribution >= 0.6 is 0 Å². The number of methoxy groups -OCH3 is 1. The molecule has 3 heterocycles. The van der Waals surface area contributed by atoms with Crippen LogP contribution in [0.4, 0.5) is 10.1 Å². The fraction of sp³-hybridized carbons (Fsp3) is 0.214. The molecule has 0 spiro atoms. The average Bonchev–Trinajstić information content (AvgIpc) is 3.39. The molecule has 10 heteroatoms. The summed E-state index contributed by atoms with van der Waals surface area (Å²) in [6.45, 7) is 2.13. The van der Waals surface area contributed by atoms with Crippen LogP contribution in [0.2, 0.25) is 0 Å². The predicted octanol–water partition coefficient (Wildman–Crippen LogP) is 4.99. The van der Waals surface area contributed by atoms with Gasteiger partial charge in [-0.15, -0.1) is 0 Å². The van der Waals surface area contributed by atoms with Gasteiger partial charge in [-0.25, -0.2) is 14.8 Å². The molecule has 6 bridgehead atoms. The minimum Gasteiger partial charge on any atom is -0.481 e. The second kappa shape index (κ2) is 10.5. The highest BCUT2D eigenvalue weighted by atomic mass is 19.1. The number of carboxylic acids is 1. The van der Waals surface area contributed by atoms with Crippen LogP contribution in [0.15, 0.2) is 59.1 Å². The Labute approximate surface area is 217 Å². The van der Waals surface area contributed by atoms with Crippen LogP contribution in [0, 0.1) is 12.7 Å². The molecule has 0 saturated carbocycles. The van der Waals surface area contributed by atoms with Crippen LogP contribution < -0.4 is 10.4 Å². The number of carboxylic acid groups (broad SMARTS) is 1. The molecular formula is C28H25FN4O5. The van der Waals surface area contributed by atoms with Crippen molar-refractivity contribution in [1.82, 2.24) is 15.6 Å². The molecular weight excluding hydrogens is 491 g/mol. The summed E-state index contributed by atoms with van der Waals surface area (Å²) in [5, 5.41) is 14.4. The lowest BCUT2D eigenvalue weighted by atomic mass is 9.91. The lowest BCUT2D eigenvalue weighted by Crippen LogP contribution is -2.45. The van der Waals surface area contributed by atoms with Crippen LogP contribution in [0.25, 0.3) is 34.0 Å². The number of halogens is 1. The third-order valence-electron chi connectivity index (χ3n) is 6.37. The van der Waals surface area contributed by atoms with Crippen molar-refractivity contribution >= 4 is 17.6 Å². The highest BCUT2D eigenvalue weighted by Crippen LogP contribution is 2.42. The summed E-state index contributed by atoms with van der Waals surface area (Å²) >= 11 is 0. The van der Waals surface area contributed by atoms with Crippen molar-refractivity contribution in [3.8, 4) is 34.0 Å². The average molecular weight is 517 g/mol. The molecule has 9 nitrogen and oxygen atoms in total. The standard InChI is InChI=1S/C28H25FN4O5/c1-16-24-21(17-7-4-3-5-8-17)13-19(15-37-2)25(16)33(30-12-6-9-23(34)35)28(36)20-11-10-18(14-22(20)29)26-31-27(24)38-32-26/h3-5,7-8,10-11,13-14,30H,6,9,12,15H2,1-2H3,(H,34,35). The molecule has 0 saturated heterocycles. The number of nitrogens with zero attached hydrogens (tertiary/aromatic N) is 3. The van der Waals surface area contributed by atoms with Gasteiger partial charge in [0.25, 0.3) is 11.8 Å². The van der Waals surface area contributed by atoms with E-state index in [1.165, 1.54) is 17.1 Å². The molecule has 2 aliphatic heterocycles. The minimum absolute atomic E-state index is 0.0923. The zero-order valence-electron chi connectivity index (χ0n) is 20.8. The Morgan fingerprint density at radius 1 is 1.13 bits per heavy atom. The van der Waals surface area contributed by atoms with E-state index in [0.29, 0.717) is 27.9 Å². The van der Waals surface area contributed by atoms with Crippen molar-refractivity contribution in [2.24, 2.45) is 0 Å². The number of carbonyl (C=O) groups excluding carboxylic acids is 1. The number of rotatable bonds is 8. The van der Waals surface area contributed by atoms with Crippen molar-refractivity contribution in [3.05, 3.63) is 77.1 Å². The molecule has 0 radical (unpaired) electrons. The van der Waals surface area contributed by atoms with Gasteiger partial charge in [0.05, 0.1) is 23.4 Å². The largest absolute Gasteiger partial charge is 0.481 e. The van der Waals surface area contributed by atoms with Crippen molar-refractivity contribution in [2.75, 3.05) is 18.7 Å². The number of aromatic nitrogens is 2. The number of fused-ring (bicyclic) bond motifs is 3. The minimum atomic E-state index is -0.952. The number of nitrogens with one attached hydrogen (secondary N) is 1. The van der Waals surface area contributed by atoms with Crippen LogP contribution in [0.1, 0.15) is 34.3 Å². The number of anilines is 1. The number of amides is 1. The van der Waals surface area contributed by atoms with Gasteiger partial charge >= 0.3 is 5.97 Å². The fourth-order valence-electron chi connectivity index (χ4n) is 4.65. The third-order valence-corrected chi connectivity index (χ3v) is 6.37. The lowest BCUT2D eigenvalue weighted by Gasteiger charge is -2.29. The first kappa shape index (κ1) is 25.2. The van der Waals surface area contributed by atoms with Crippen molar-refractivity contribution < 1.29 is 28.3 Å². The number of hydrazine groups is 1. The number of hydrogen-bond donors (Lipinski definition) is 2. The highest BCUT2D eigenvalue weighted by molar-refractivity contribution is 6.08. The van der Waals surface area contributed by atoms with Gasteiger partial charge in [-0.1, -0.05) is 41.6 Å². The van der Waals surface area contributed by atoms with Gasteiger partial charge in [0.15, 0.2) is 0 Å². The summed E-state index contributed by atoms with van der Waals surface area (Å²) in [4.78, 5) is 29.5. The first-order valence-corrected chi connectivity index (χ1v) is 12.0. The normalized spacial score (nSPS) is 12.4. The van der Waals surface area contributed by atoms with Gasteiger partial charge in [0.1, 0.15) is 5.82 Å². The molecule has 3 aromatic carbocycles. The van der Waals surface area contributed by atoms with Gasteiger partial charge in [-0.3, -0.25) is 9.59 Å². The monoisotopic (exact) mass is 516 g/mol. The van der Waals surface area contributed by atoms with E-state index in [0.717, 1.165) is 11.1 Å². The third kappa shape index (κ3) is 4.67. The topological polar surface area (TPSA) is 118 Å². The van der Waals surface area contributed by atoms with Gasteiger partial charge < -0.3 is 14.4 Å². The summed E-state index contributed by atoms with van der Waals surface area (Å²) in [5.41, 5.74) is 7.25. The van der Waals surface area contributed by atoms with E-state index < -0.39 is 17.7 Å². The number of ether oxygens (including phenoxy) is 1. The zero-order chi connectivity index (χ0) is 26.8. The maximum atomic E-state index is 15.2. The molecule has 2 aliphatic rings.